The maximum atomic E-state index is 13.3. The summed E-state index contributed by atoms with van der Waals surface area (Å²) < 4.78 is 42.4. The second-order valence-electron chi connectivity index (χ2n) is 8.47. The molecule has 7 heteroatoms. The van der Waals surface area contributed by atoms with Crippen LogP contribution < -0.4 is 10.1 Å². The highest BCUT2D eigenvalue weighted by molar-refractivity contribution is 5.88. The first-order chi connectivity index (χ1) is 14.6. The zero-order valence-corrected chi connectivity index (χ0v) is 17.5. The zero-order valence-electron chi connectivity index (χ0n) is 17.5. The van der Waals surface area contributed by atoms with Crippen molar-refractivity contribution in [3.05, 3.63) is 77.6 Å². The van der Waals surface area contributed by atoms with Gasteiger partial charge in [-0.05, 0) is 54.5 Å². The summed E-state index contributed by atoms with van der Waals surface area (Å²) in [7, 11) is 1.64. The van der Waals surface area contributed by atoms with Crippen LogP contribution in [0.4, 0.5) is 13.2 Å². The molecule has 0 spiro atoms. The Morgan fingerprint density at radius 2 is 1.77 bits per heavy atom. The lowest BCUT2D eigenvalue weighted by atomic mass is 9.72. The maximum Gasteiger partial charge on any atom is 0.573 e. The van der Waals surface area contributed by atoms with E-state index in [0.29, 0.717) is 17.3 Å². The first-order valence-electron chi connectivity index (χ1n) is 10.3. The molecule has 164 valence electrons. The number of amides is 1. The standard InChI is InChI=1S/C24H25F3N2O2/c1-15-28-23(2,19-8-5-9-20(14-19)31-24(25,26)27)21(22(30)29(15)3)18-12-10-17(11-13-18)16-6-4-7-16/h5,8-14,16,21,28H,1,4,6-7H2,2-3H3. The summed E-state index contributed by atoms with van der Waals surface area (Å²) in [6.45, 7) is 5.72. The molecule has 0 radical (unpaired) electrons. The minimum Gasteiger partial charge on any atom is -0.406 e. The van der Waals surface area contributed by atoms with Gasteiger partial charge >= 0.3 is 6.36 Å². The van der Waals surface area contributed by atoms with Crippen molar-refractivity contribution in [2.75, 3.05) is 7.05 Å². The minimum absolute atomic E-state index is 0.176. The first kappa shape index (κ1) is 21.3. The SMILES string of the molecule is C=C1NC(C)(c2cccc(OC(F)(F)F)c2)C(c2ccc(C3CCC3)cc2)C(=O)N1C. The van der Waals surface area contributed by atoms with Gasteiger partial charge in [0.2, 0.25) is 5.91 Å². The average Bonchev–Trinajstić information content (AvgIpc) is 2.65. The molecule has 0 bridgehead atoms. The van der Waals surface area contributed by atoms with Crippen molar-refractivity contribution in [2.24, 2.45) is 0 Å². The second kappa shape index (κ2) is 7.62. The van der Waals surface area contributed by atoms with E-state index in [1.807, 2.05) is 12.1 Å². The minimum atomic E-state index is -4.80. The molecule has 31 heavy (non-hydrogen) atoms. The number of carbonyl (C=O) groups excluding carboxylic acids is 1. The molecule has 1 saturated carbocycles. The van der Waals surface area contributed by atoms with Crippen LogP contribution in [0, 0.1) is 0 Å². The molecule has 2 unspecified atom stereocenters. The van der Waals surface area contributed by atoms with Gasteiger partial charge in [-0.25, -0.2) is 0 Å². The van der Waals surface area contributed by atoms with Crippen LogP contribution in [-0.2, 0) is 10.3 Å². The Balaban J connectivity index is 1.75. The third kappa shape index (κ3) is 4.01. The quantitative estimate of drug-likeness (QED) is 0.708. The third-order valence-electron chi connectivity index (χ3n) is 6.48. The van der Waals surface area contributed by atoms with Crippen molar-refractivity contribution in [1.29, 1.82) is 0 Å². The molecule has 1 saturated heterocycles. The Kier molecular flexibility index (Phi) is 5.23. The third-order valence-corrected chi connectivity index (χ3v) is 6.48. The van der Waals surface area contributed by atoms with Crippen molar-refractivity contribution in [3.8, 4) is 5.75 Å². The van der Waals surface area contributed by atoms with Gasteiger partial charge in [0.05, 0.1) is 11.5 Å². The van der Waals surface area contributed by atoms with Crippen molar-refractivity contribution in [3.63, 3.8) is 0 Å². The van der Waals surface area contributed by atoms with Crippen LogP contribution in [0.15, 0.2) is 60.9 Å². The summed E-state index contributed by atoms with van der Waals surface area (Å²) in [5, 5.41) is 3.26. The normalized spacial score (nSPS) is 24.5. The van der Waals surface area contributed by atoms with Crippen LogP contribution in [0.5, 0.6) is 5.75 Å². The van der Waals surface area contributed by atoms with E-state index >= 15 is 0 Å². The fourth-order valence-electron chi connectivity index (χ4n) is 4.46. The molecule has 4 rings (SSSR count). The van der Waals surface area contributed by atoms with E-state index in [1.165, 1.54) is 47.9 Å². The molecule has 1 N–H and O–H groups in total. The predicted octanol–water partition coefficient (Wildman–Crippen LogP) is 5.38. The molecule has 2 fully saturated rings. The van der Waals surface area contributed by atoms with Crippen LogP contribution in [0.2, 0.25) is 0 Å². The Labute approximate surface area is 179 Å². The van der Waals surface area contributed by atoms with Gasteiger partial charge in [0.25, 0.3) is 0 Å². The number of ether oxygens (including phenoxy) is 1. The molecule has 1 aliphatic carbocycles. The van der Waals surface area contributed by atoms with Gasteiger partial charge in [0.1, 0.15) is 11.6 Å². The molecule has 0 aromatic heterocycles. The molecule has 2 atom stereocenters. The maximum absolute atomic E-state index is 13.3. The largest absolute Gasteiger partial charge is 0.573 e. The molecular formula is C24H25F3N2O2. The summed E-state index contributed by atoms with van der Waals surface area (Å²) in [6, 6.07) is 13.8. The highest BCUT2D eigenvalue weighted by Gasteiger charge is 2.48. The highest BCUT2D eigenvalue weighted by atomic mass is 19.4. The monoisotopic (exact) mass is 430 g/mol. The van der Waals surface area contributed by atoms with E-state index in [1.54, 1.807) is 20.0 Å². The van der Waals surface area contributed by atoms with Crippen LogP contribution >= 0.6 is 0 Å². The molecule has 2 aromatic carbocycles. The summed E-state index contributed by atoms with van der Waals surface area (Å²) >= 11 is 0. The number of nitrogens with one attached hydrogen (secondary N) is 1. The fourth-order valence-corrected chi connectivity index (χ4v) is 4.46. The molecule has 2 aliphatic rings. The van der Waals surface area contributed by atoms with E-state index in [4.69, 9.17) is 0 Å². The molecule has 4 nitrogen and oxygen atoms in total. The lowest BCUT2D eigenvalue weighted by molar-refractivity contribution is -0.274. The number of likely N-dealkylation sites (N-methyl/N-ethyl adjacent to an activating group) is 1. The number of halogens is 3. The van der Waals surface area contributed by atoms with E-state index in [0.717, 1.165) is 5.56 Å². The van der Waals surface area contributed by atoms with Gasteiger partial charge in [0, 0.05) is 7.05 Å². The van der Waals surface area contributed by atoms with Gasteiger partial charge in [-0.15, -0.1) is 13.2 Å². The van der Waals surface area contributed by atoms with Gasteiger partial charge < -0.3 is 15.0 Å². The Hall–Kier alpha value is -2.96. The average molecular weight is 430 g/mol. The molecule has 2 aromatic rings. The van der Waals surface area contributed by atoms with Gasteiger partial charge in [0.15, 0.2) is 0 Å². The van der Waals surface area contributed by atoms with Gasteiger partial charge in [-0.2, -0.15) is 0 Å². The Morgan fingerprint density at radius 3 is 2.35 bits per heavy atom. The van der Waals surface area contributed by atoms with E-state index in [2.05, 4.69) is 28.8 Å². The number of alkyl halides is 3. The second-order valence-corrected chi connectivity index (χ2v) is 8.47. The fraction of sp³-hybridized carbons (Fsp3) is 0.375. The van der Waals surface area contributed by atoms with Crippen LogP contribution in [0.1, 0.15) is 54.7 Å². The number of carbonyl (C=O) groups is 1. The smallest absolute Gasteiger partial charge is 0.406 e. The Bertz CT molecular complexity index is 999. The summed E-state index contributed by atoms with van der Waals surface area (Å²) in [6.07, 6.45) is -1.21. The van der Waals surface area contributed by atoms with E-state index in [9.17, 15) is 18.0 Å². The van der Waals surface area contributed by atoms with Crippen molar-refractivity contribution >= 4 is 5.91 Å². The van der Waals surface area contributed by atoms with E-state index < -0.39 is 17.8 Å². The van der Waals surface area contributed by atoms with Crippen LogP contribution in [-0.4, -0.2) is 24.2 Å². The van der Waals surface area contributed by atoms with Crippen molar-refractivity contribution in [1.82, 2.24) is 10.2 Å². The summed E-state index contributed by atoms with van der Waals surface area (Å²) in [5.41, 5.74) is 1.55. The number of hydrogen-bond acceptors (Lipinski definition) is 3. The lowest BCUT2D eigenvalue weighted by Gasteiger charge is -2.47. The lowest BCUT2D eigenvalue weighted by Crippen LogP contribution is -2.57. The zero-order chi connectivity index (χ0) is 22.4. The number of hydrogen-bond donors (Lipinski definition) is 1. The van der Waals surface area contributed by atoms with Crippen LogP contribution in [0.25, 0.3) is 0 Å². The van der Waals surface area contributed by atoms with Crippen molar-refractivity contribution in [2.45, 2.75) is 49.9 Å². The molecule has 1 heterocycles. The molecular weight excluding hydrogens is 405 g/mol. The number of benzene rings is 2. The number of nitrogens with zero attached hydrogens (tertiary/aromatic N) is 1. The van der Waals surface area contributed by atoms with Crippen LogP contribution in [0.3, 0.4) is 0 Å². The van der Waals surface area contributed by atoms with Crippen molar-refractivity contribution < 1.29 is 22.7 Å². The van der Waals surface area contributed by atoms with Gasteiger partial charge in [-0.1, -0.05) is 49.4 Å². The topological polar surface area (TPSA) is 41.6 Å². The van der Waals surface area contributed by atoms with Gasteiger partial charge in [-0.3, -0.25) is 4.79 Å². The summed E-state index contributed by atoms with van der Waals surface area (Å²) in [4.78, 5) is 14.8. The highest BCUT2D eigenvalue weighted by Crippen LogP contribution is 2.44. The Morgan fingerprint density at radius 1 is 1.13 bits per heavy atom. The first-order valence-corrected chi connectivity index (χ1v) is 10.3. The predicted molar refractivity (Wildman–Crippen MR) is 111 cm³/mol. The summed E-state index contributed by atoms with van der Waals surface area (Å²) in [5.74, 6) is -0.204. The van der Waals surface area contributed by atoms with E-state index in [-0.39, 0.29) is 11.7 Å². The number of rotatable bonds is 4. The molecule has 1 aliphatic heterocycles. The molecule has 1 amide bonds.